The summed E-state index contributed by atoms with van der Waals surface area (Å²) in [5.74, 6) is 0.996. The minimum Gasteiger partial charge on any atom is -0.459 e. The van der Waals surface area contributed by atoms with Crippen molar-refractivity contribution in [3.8, 4) is 11.5 Å². The standard InChI is InChI=1S/C24H35NO9/c1-3-31-24-18(6-9-29-12-13-30-11-8-26)19(15-22(34-24)23(27)25-7-10-28-2)17-4-5-20-21(14-17)33-16-32-20/h4-5,14-15,18-19,24,26H,3,6-13,16H2,1-2H3,(H,25,27)/t18-,19+,24+/m1/s1. The molecule has 0 aliphatic carbocycles. The van der Waals surface area contributed by atoms with Gasteiger partial charge in [-0.1, -0.05) is 6.07 Å². The van der Waals surface area contributed by atoms with Gasteiger partial charge in [-0.3, -0.25) is 4.79 Å². The number of amides is 1. The Morgan fingerprint density at radius 2 is 1.91 bits per heavy atom. The van der Waals surface area contributed by atoms with E-state index < -0.39 is 6.29 Å². The molecule has 0 unspecified atom stereocenters. The van der Waals surface area contributed by atoms with Crippen LogP contribution in [0.5, 0.6) is 11.5 Å². The molecule has 2 heterocycles. The lowest BCUT2D eigenvalue weighted by molar-refractivity contribution is -0.168. The second-order valence-electron chi connectivity index (χ2n) is 7.76. The van der Waals surface area contributed by atoms with Crippen LogP contribution in [0.2, 0.25) is 0 Å². The molecule has 1 aromatic carbocycles. The van der Waals surface area contributed by atoms with Crippen LogP contribution in [0.15, 0.2) is 30.0 Å². The van der Waals surface area contributed by atoms with Gasteiger partial charge in [-0.05, 0) is 37.1 Å². The number of carbonyl (C=O) groups is 1. The second kappa shape index (κ2) is 14.1. The fraction of sp³-hybridized carbons (Fsp3) is 0.625. The van der Waals surface area contributed by atoms with Gasteiger partial charge in [0.2, 0.25) is 13.1 Å². The van der Waals surface area contributed by atoms with Crippen LogP contribution in [0, 0.1) is 5.92 Å². The molecular weight excluding hydrogens is 446 g/mol. The topological polar surface area (TPSA) is 114 Å². The van der Waals surface area contributed by atoms with Crippen molar-refractivity contribution in [2.45, 2.75) is 25.6 Å². The molecule has 190 valence electrons. The first kappa shape index (κ1) is 26.2. The second-order valence-corrected chi connectivity index (χ2v) is 7.76. The van der Waals surface area contributed by atoms with Crippen molar-refractivity contribution in [1.29, 1.82) is 0 Å². The van der Waals surface area contributed by atoms with Crippen LogP contribution in [0.25, 0.3) is 0 Å². The Bertz CT molecular complexity index is 801. The van der Waals surface area contributed by atoms with Gasteiger partial charge < -0.3 is 43.6 Å². The van der Waals surface area contributed by atoms with Gasteiger partial charge in [0.15, 0.2) is 17.3 Å². The molecule has 0 fully saturated rings. The van der Waals surface area contributed by atoms with Crippen LogP contribution >= 0.6 is 0 Å². The lowest BCUT2D eigenvalue weighted by atomic mass is 9.81. The third kappa shape index (κ3) is 7.31. The highest BCUT2D eigenvalue weighted by atomic mass is 16.7. The van der Waals surface area contributed by atoms with Crippen molar-refractivity contribution in [3.05, 3.63) is 35.6 Å². The van der Waals surface area contributed by atoms with Crippen molar-refractivity contribution >= 4 is 5.91 Å². The molecule has 0 spiro atoms. The third-order valence-electron chi connectivity index (χ3n) is 5.52. The maximum atomic E-state index is 12.8. The number of benzene rings is 1. The van der Waals surface area contributed by atoms with Crippen molar-refractivity contribution in [2.24, 2.45) is 5.92 Å². The first-order valence-corrected chi connectivity index (χ1v) is 11.6. The molecule has 0 radical (unpaired) electrons. The summed E-state index contributed by atoms with van der Waals surface area (Å²) in [5, 5.41) is 11.6. The molecule has 2 N–H and O–H groups in total. The fourth-order valence-electron chi connectivity index (χ4n) is 3.90. The zero-order valence-electron chi connectivity index (χ0n) is 19.8. The third-order valence-corrected chi connectivity index (χ3v) is 5.52. The number of fused-ring (bicyclic) bond motifs is 1. The van der Waals surface area contributed by atoms with Gasteiger partial charge in [0.05, 0.1) is 33.0 Å². The van der Waals surface area contributed by atoms with E-state index >= 15 is 0 Å². The van der Waals surface area contributed by atoms with Crippen LogP contribution in [-0.2, 0) is 28.5 Å². The van der Waals surface area contributed by atoms with Crippen LogP contribution in [0.3, 0.4) is 0 Å². The van der Waals surface area contributed by atoms with Gasteiger partial charge in [-0.15, -0.1) is 0 Å². The number of carbonyl (C=O) groups excluding carboxylic acids is 1. The predicted octanol–water partition coefficient (Wildman–Crippen LogP) is 1.57. The van der Waals surface area contributed by atoms with Gasteiger partial charge in [-0.2, -0.15) is 0 Å². The summed E-state index contributed by atoms with van der Waals surface area (Å²) in [6, 6.07) is 5.79. The summed E-state index contributed by atoms with van der Waals surface area (Å²) < 4.78 is 38.9. The van der Waals surface area contributed by atoms with E-state index in [4.69, 9.17) is 38.3 Å². The Kier molecular flexibility index (Phi) is 10.9. The Morgan fingerprint density at radius 1 is 1.12 bits per heavy atom. The first-order valence-electron chi connectivity index (χ1n) is 11.6. The van der Waals surface area contributed by atoms with Gasteiger partial charge in [-0.25, -0.2) is 0 Å². The number of methoxy groups -OCH3 is 1. The van der Waals surface area contributed by atoms with Crippen LogP contribution < -0.4 is 14.8 Å². The molecular formula is C24H35NO9. The molecule has 3 rings (SSSR count). The van der Waals surface area contributed by atoms with Crippen molar-refractivity contribution in [2.75, 3.05) is 66.7 Å². The molecule has 2 aliphatic rings. The van der Waals surface area contributed by atoms with Gasteiger partial charge in [0.25, 0.3) is 5.91 Å². The SMILES string of the molecule is CCO[C@H]1OC(C(=O)NCCOC)=C[C@@H](c2ccc3c(c2)OCO3)[C@H]1CCOCCOCCO. The van der Waals surface area contributed by atoms with Crippen LogP contribution in [-0.4, -0.2) is 84.0 Å². The average molecular weight is 482 g/mol. The zero-order chi connectivity index (χ0) is 24.2. The Hall–Kier alpha value is -2.37. The lowest BCUT2D eigenvalue weighted by Crippen LogP contribution is -2.40. The van der Waals surface area contributed by atoms with E-state index in [9.17, 15) is 4.79 Å². The predicted molar refractivity (Wildman–Crippen MR) is 122 cm³/mol. The van der Waals surface area contributed by atoms with E-state index in [1.165, 1.54) is 0 Å². The molecule has 1 aromatic rings. The van der Waals surface area contributed by atoms with E-state index in [1.807, 2.05) is 31.2 Å². The zero-order valence-corrected chi connectivity index (χ0v) is 19.8. The highest BCUT2D eigenvalue weighted by molar-refractivity contribution is 5.91. The van der Waals surface area contributed by atoms with Crippen LogP contribution in [0.1, 0.15) is 24.8 Å². The molecule has 3 atom stereocenters. The molecule has 10 nitrogen and oxygen atoms in total. The summed E-state index contributed by atoms with van der Waals surface area (Å²) in [7, 11) is 1.58. The number of aliphatic hydroxyl groups is 1. The minimum atomic E-state index is -0.622. The number of aliphatic hydroxyl groups excluding tert-OH is 1. The molecule has 34 heavy (non-hydrogen) atoms. The Labute approximate surface area is 200 Å². The summed E-state index contributed by atoms with van der Waals surface area (Å²) in [6.45, 7) is 4.86. The minimum absolute atomic E-state index is 0.0135. The molecule has 1 amide bonds. The lowest BCUT2D eigenvalue weighted by Gasteiger charge is -2.37. The molecule has 0 saturated heterocycles. The molecule has 2 aliphatic heterocycles. The summed E-state index contributed by atoms with van der Waals surface area (Å²) >= 11 is 0. The normalized spacial score (nSPS) is 21.1. The van der Waals surface area contributed by atoms with E-state index in [2.05, 4.69) is 5.32 Å². The first-order chi connectivity index (χ1) is 16.7. The fourth-order valence-corrected chi connectivity index (χ4v) is 3.90. The van der Waals surface area contributed by atoms with Crippen LogP contribution in [0.4, 0.5) is 0 Å². The van der Waals surface area contributed by atoms with E-state index in [0.29, 0.717) is 64.1 Å². The molecule has 0 aromatic heterocycles. The maximum absolute atomic E-state index is 12.8. The van der Waals surface area contributed by atoms with Crippen molar-refractivity contribution in [3.63, 3.8) is 0 Å². The Morgan fingerprint density at radius 3 is 2.68 bits per heavy atom. The number of hydrogen-bond donors (Lipinski definition) is 2. The van der Waals surface area contributed by atoms with E-state index in [1.54, 1.807) is 7.11 Å². The number of ether oxygens (including phenoxy) is 7. The maximum Gasteiger partial charge on any atom is 0.286 e. The summed E-state index contributed by atoms with van der Waals surface area (Å²) in [6.07, 6.45) is 1.85. The highest BCUT2D eigenvalue weighted by Crippen LogP contribution is 2.42. The Balaban J connectivity index is 1.77. The molecule has 0 bridgehead atoms. The monoisotopic (exact) mass is 481 g/mol. The van der Waals surface area contributed by atoms with E-state index in [0.717, 1.165) is 5.56 Å². The highest BCUT2D eigenvalue weighted by Gasteiger charge is 2.38. The smallest absolute Gasteiger partial charge is 0.286 e. The van der Waals surface area contributed by atoms with Gasteiger partial charge in [0.1, 0.15) is 0 Å². The molecule has 10 heteroatoms. The van der Waals surface area contributed by atoms with Gasteiger partial charge >= 0.3 is 0 Å². The summed E-state index contributed by atoms with van der Waals surface area (Å²) in [4.78, 5) is 12.8. The number of hydrogen-bond acceptors (Lipinski definition) is 9. The van der Waals surface area contributed by atoms with Gasteiger partial charge in [0, 0.05) is 38.7 Å². The molecule has 0 saturated carbocycles. The quantitative estimate of drug-likeness (QED) is 0.360. The number of nitrogens with one attached hydrogen (secondary N) is 1. The number of rotatable bonds is 15. The summed E-state index contributed by atoms with van der Waals surface area (Å²) in [5.41, 5.74) is 0.968. The number of allylic oxidation sites excluding steroid dienone is 1. The van der Waals surface area contributed by atoms with Crippen molar-refractivity contribution in [1.82, 2.24) is 5.32 Å². The van der Waals surface area contributed by atoms with E-state index in [-0.39, 0.29) is 36.9 Å². The van der Waals surface area contributed by atoms with Crippen molar-refractivity contribution < 1.29 is 43.1 Å². The largest absolute Gasteiger partial charge is 0.459 e. The average Bonchev–Trinajstić information content (AvgIpc) is 3.32.